The number of halogens is 1. The van der Waals surface area contributed by atoms with Crippen molar-refractivity contribution in [3.05, 3.63) is 17.7 Å². The van der Waals surface area contributed by atoms with E-state index in [2.05, 4.69) is 4.98 Å². The largest absolute Gasteiger partial charge is 0.364 e. The van der Waals surface area contributed by atoms with Crippen molar-refractivity contribution in [2.24, 2.45) is 5.73 Å². The van der Waals surface area contributed by atoms with E-state index >= 15 is 0 Å². The molecule has 0 aromatic carbocycles. The van der Waals surface area contributed by atoms with Gasteiger partial charge in [0, 0.05) is 6.20 Å². The zero-order valence-corrected chi connectivity index (χ0v) is 6.75. The summed E-state index contributed by atoms with van der Waals surface area (Å²) >= 11 is 0. The van der Waals surface area contributed by atoms with Crippen molar-refractivity contribution < 1.29 is 9.18 Å². The maximum atomic E-state index is 11.9. The number of aromatic nitrogens is 2. The number of hydrogen-bond acceptors (Lipinski definition) is 2. The molecule has 0 unspecified atom stereocenters. The molecular formula is C7H10FN3O. The molecule has 0 saturated carbocycles. The summed E-state index contributed by atoms with van der Waals surface area (Å²) in [7, 11) is 0. The standard InChI is InChI=1S/C7H10FN3O/c1-5-10-6(7(9)12)4-11(5)3-2-8/h4H,2-3H2,1H3,(H2,9,12). The Morgan fingerprint density at radius 3 is 2.92 bits per heavy atom. The lowest BCUT2D eigenvalue weighted by molar-refractivity contribution is 0.0996. The Bertz CT molecular complexity index is 295. The Morgan fingerprint density at radius 1 is 1.83 bits per heavy atom. The normalized spacial score (nSPS) is 10.2. The van der Waals surface area contributed by atoms with Crippen LogP contribution in [0.5, 0.6) is 0 Å². The Kier molecular flexibility index (Phi) is 2.42. The summed E-state index contributed by atoms with van der Waals surface area (Å²) in [4.78, 5) is 14.5. The molecular weight excluding hydrogens is 161 g/mol. The molecule has 12 heavy (non-hydrogen) atoms. The Balaban J connectivity index is 2.92. The number of rotatable bonds is 3. The average Bonchev–Trinajstić information content (AvgIpc) is 2.34. The smallest absolute Gasteiger partial charge is 0.268 e. The number of carbonyl (C=O) groups excluding carboxylic acids is 1. The second-order valence-electron chi connectivity index (χ2n) is 2.42. The van der Waals surface area contributed by atoms with Gasteiger partial charge in [0.05, 0.1) is 6.54 Å². The fourth-order valence-electron chi connectivity index (χ4n) is 0.945. The highest BCUT2D eigenvalue weighted by Gasteiger charge is 2.07. The van der Waals surface area contributed by atoms with Crippen LogP contribution in [0.25, 0.3) is 0 Å². The van der Waals surface area contributed by atoms with Gasteiger partial charge in [-0.15, -0.1) is 0 Å². The first-order valence-electron chi connectivity index (χ1n) is 3.54. The minimum absolute atomic E-state index is 0.181. The third-order valence-corrected chi connectivity index (χ3v) is 1.55. The number of imidazole rings is 1. The van der Waals surface area contributed by atoms with Gasteiger partial charge in [-0.3, -0.25) is 4.79 Å². The van der Waals surface area contributed by atoms with Crippen LogP contribution in [-0.2, 0) is 6.54 Å². The van der Waals surface area contributed by atoms with E-state index in [4.69, 9.17) is 5.73 Å². The molecule has 1 heterocycles. The molecule has 1 aromatic rings. The minimum atomic E-state index is -0.587. The number of nitrogens with two attached hydrogens (primary N) is 1. The first-order chi connectivity index (χ1) is 5.65. The fraction of sp³-hybridized carbons (Fsp3) is 0.429. The number of primary amides is 1. The van der Waals surface area contributed by atoms with E-state index in [0.717, 1.165) is 0 Å². The zero-order valence-electron chi connectivity index (χ0n) is 6.75. The summed E-state index contributed by atoms with van der Waals surface area (Å²) in [6.45, 7) is 1.43. The van der Waals surface area contributed by atoms with Crippen molar-refractivity contribution in [1.82, 2.24) is 9.55 Å². The molecule has 2 N–H and O–H groups in total. The van der Waals surface area contributed by atoms with Gasteiger partial charge in [-0.05, 0) is 6.92 Å². The van der Waals surface area contributed by atoms with Crippen molar-refractivity contribution in [1.29, 1.82) is 0 Å². The van der Waals surface area contributed by atoms with Gasteiger partial charge in [0.2, 0.25) is 0 Å². The summed E-state index contributed by atoms with van der Waals surface area (Å²) in [6, 6.07) is 0. The van der Waals surface area contributed by atoms with E-state index in [-0.39, 0.29) is 12.2 Å². The summed E-state index contributed by atoms with van der Waals surface area (Å²) in [5.74, 6) is 0.0113. The van der Waals surface area contributed by atoms with Crippen LogP contribution in [0.15, 0.2) is 6.20 Å². The Hall–Kier alpha value is -1.39. The quantitative estimate of drug-likeness (QED) is 0.709. The third-order valence-electron chi connectivity index (χ3n) is 1.55. The summed E-state index contributed by atoms with van der Waals surface area (Å²) in [6.07, 6.45) is 1.46. The SMILES string of the molecule is Cc1nc(C(N)=O)cn1CCF. The number of nitrogens with zero attached hydrogens (tertiary/aromatic N) is 2. The molecule has 0 fully saturated rings. The summed E-state index contributed by atoms with van der Waals surface area (Å²) in [5, 5.41) is 0. The van der Waals surface area contributed by atoms with E-state index in [1.807, 2.05) is 0 Å². The molecule has 1 aromatic heterocycles. The van der Waals surface area contributed by atoms with E-state index in [1.54, 1.807) is 11.5 Å². The van der Waals surface area contributed by atoms with Gasteiger partial charge in [0.15, 0.2) is 0 Å². The molecule has 66 valence electrons. The topological polar surface area (TPSA) is 60.9 Å². The lowest BCUT2D eigenvalue weighted by Crippen LogP contribution is -2.11. The molecule has 0 atom stereocenters. The predicted molar refractivity (Wildman–Crippen MR) is 41.5 cm³/mol. The molecule has 0 aliphatic heterocycles. The average molecular weight is 171 g/mol. The van der Waals surface area contributed by atoms with E-state index in [9.17, 15) is 9.18 Å². The molecule has 5 heteroatoms. The van der Waals surface area contributed by atoms with E-state index in [0.29, 0.717) is 5.82 Å². The maximum absolute atomic E-state index is 11.9. The van der Waals surface area contributed by atoms with Gasteiger partial charge in [0.25, 0.3) is 5.91 Å². The molecule has 0 aliphatic rings. The van der Waals surface area contributed by atoms with Gasteiger partial charge >= 0.3 is 0 Å². The van der Waals surface area contributed by atoms with Crippen LogP contribution in [0.2, 0.25) is 0 Å². The summed E-state index contributed by atoms with van der Waals surface area (Å²) in [5.41, 5.74) is 5.17. The van der Waals surface area contributed by atoms with Gasteiger partial charge in [-0.25, -0.2) is 9.37 Å². The monoisotopic (exact) mass is 171 g/mol. The highest BCUT2D eigenvalue weighted by Crippen LogP contribution is 2.01. The molecule has 0 saturated heterocycles. The number of aryl methyl sites for hydroxylation is 2. The number of amides is 1. The molecule has 0 bridgehead atoms. The number of hydrogen-bond donors (Lipinski definition) is 1. The van der Waals surface area contributed by atoms with E-state index in [1.165, 1.54) is 6.20 Å². The highest BCUT2D eigenvalue weighted by molar-refractivity contribution is 5.90. The predicted octanol–water partition coefficient (Wildman–Crippen LogP) is 0.260. The number of carbonyl (C=O) groups is 1. The zero-order chi connectivity index (χ0) is 9.14. The molecule has 1 amide bonds. The van der Waals surface area contributed by atoms with Gasteiger partial charge in [-0.1, -0.05) is 0 Å². The van der Waals surface area contributed by atoms with Crippen molar-refractivity contribution in [2.45, 2.75) is 13.5 Å². The second kappa shape index (κ2) is 3.34. The van der Waals surface area contributed by atoms with Gasteiger partial charge < -0.3 is 10.3 Å². The molecule has 4 nitrogen and oxygen atoms in total. The van der Waals surface area contributed by atoms with E-state index < -0.39 is 12.6 Å². The maximum Gasteiger partial charge on any atom is 0.268 e. The lowest BCUT2D eigenvalue weighted by Gasteiger charge is -1.97. The van der Waals surface area contributed by atoms with Crippen molar-refractivity contribution in [3.8, 4) is 0 Å². The number of alkyl halides is 1. The first kappa shape index (κ1) is 8.70. The van der Waals surface area contributed by atoms with Crippen molar-refractivity contribution in [3.63, 3.8) is 0 Å². The van der Waals surface area contributed by atoms with Crippen LogP contribution in [0.3, 0.4) is 0 Å². The van der Waals surface area contributed by atoms with Crippen molar-refractivity contribution >= 4 is 5.91 Å². The van der Waals surface area contributed by atoms with Crippen LogP contribution in [0.4, 0.5) is 4.39 Å². The Labute approximate surface area is 69.2 Å². The first-order valence-corrected chi connectivity index (χ1v) is 3.54. The van der Waals surface area contributed by atoms with Gasteiger partial charge in [-0.2, -0.15) is 0 Å². The second-order valence-corrected chi connectivity index (χ2v) is 2.42. The van der Waals surface area contributed by atoms with Crippen LogP contribution in [0, 0.1) is 6.92 Å². The molecule has 0 aliphatic carbocycles. The summed E-state index contributed by atoms with van der Waals surface area (Å²) < 4.78 is 13.5. The van der Waals surface area contributed by atoms with Crippen LogP contribution in [-0.4, -0.2) is 22.1 Å². The highest BCUT2D eigenvalue weighted by atomic mass is 19.1. The molecule has 0 spiro atoms. The lowest BCUT2D eigenvalue weighted by atomic mass is 10.5. The minimum Gasteiger partial charge on any atom is -0.364 e. The molecule has 0 radical (unpaired) electrons. The fourth-order valence-corrected chi connectivity index (χ4v) is 0.945. The van der Waals surface area contributed by atoms with Crippen molar-refractivity contribution in [2.75, 3.05) is 6.67 Å². The Morgan fingerprint density at radius 2 is 2.50 bits per heavy atom. The van der Waals surface area contributed by atoms with Crippen LogP contribution >= 0.6 is 0 Å². The van der Waals surface area contributed by atoms with Crippen LogP contribution < -0.4 is 5.73 Å². The third kappa shape index (κ3) is 1.61. The molecule has 1 rings (SSSR count). The van der Waals surface area contributed by atoms with Crippen LogP contribution in [0.1, 0.15) is 16.3 Å². The van der Waals surface area contributed by atoms with Gasteiger partial charge in [0.1, 0.15) is 18.2 Å².